The quantitative estimate of drug-likeness (QED) is 0.867. The molecule has 6 heteroatoms. The van der Waals surface area contributed by atoms with Gasteiger partial charge in [0.05, 0.1) is 5.51 Å². The average molecular weight is 329 g/mol. The molecule has 23 heavy (non-hydrogen) atoms. The van der Waals surface area contributed by atoms with Gasteiger partial charge in [-0.25, -0.2) is 4.98 Å². The van der Waals surface area contributed by atoms with Crippen LogP contribution in [0.1, 0.15) is 29.8 Å². The Morgan fingerprint density at radius 1 is 1.13 bits per heavy atom. The fraction of sp³-hybridized carbons (Fsp3) is 0.353. The highest BCUT2D eigenvalue weighted by Gasteiger charge is 2.25. The summed E-state index contributed by atoms with van der Waals surface area (Å²) in [7, 11) is 0. The summed E-state index contributed by atoms with van der Waals surface area (Å²) in [6.07, 6.45) is 3.25. The first-order valence-corrected chi connectivity index (χ1v) is 8.73. The van der Waals surface area contributed by atoms with Crippen molar-refractivity contribution in [2.75, 3.05) is 24.5 Å². The smallest absolute Gasteiger partial charge is 0.278 e. The molecular weight excluding hydrogens is 310 g/mol. The van der Waals surface area contributed by atoms with E-state index in [9.17, 15) is 9.59 Å². The predicted octanol–water partition coefficient (Wildman–Crippen LogP) is 2.80. The minimum Gasteiger partial charge on any atom is -0.341 e. The lowest BCUT2D eigenvalue weighted by atomic mass is 10.1. The van der Waals surface area contributed by atoms with E-state index >= 15 is 0 Å². The molecule has 0 saturated carbocycles. The third-order valence-electron chi connectivity index (χ3n) is 3.97. The van der Waals surface area contributed by atoms with Crippen molar-refractivity contribution < 1.29 is 9.59 Å². The summed E-state index contributed by atoms with van der Waals surface area (Å²) >= 11 is 1.37. The number of rotatable bonds is 4. The van der Waals surface area contributed by atoms with Crippen LogP contribution in [-0.4, -0.2) is 41.3 Å². The van der Waals surface area contributed by atoms with Crippen LogP contribution in [0.2, 0.25) is 0 Å². The number of amides is 2. The number of benzene rings is 1. The maximum absolute atomic E-state index is 12.7. The molecule has 0 unspecified atom stereocenters. The summed E-state index contributed by atoms with van der Waals surface area (Å²) in [5.41, 5.74) is 2.73. The number of anilines is 1. The fourth-order valence-electron chi connectivity index (χ4n) is 2.72. The van der Waals surface area contributed by atoms with Gasteiger partial charge in [-0.2, -0.15) is 0 Å². The highest BCUT2D eigenvalue weighted by atomic mass is 32.1. The van der Waals surface area contributed by atoms with E-state index in [0.717, 1.165) is 31.6 Å². The number of nitrogens with zero attached hydrogens (tertiary/aromatic N) is 3. The average Bonchev–Trinajstić information content (AvgIpc) is 3.15. The summed E-state index contributed by atoms with van der Waals surface area (Å²) in [5.74, 6) is -0.236. The van der Waals surface area contributed by atoms with Crippen LogP contribution in [0.15, 0.2) is 41.2 Å². The molecule has 3 rings (SSSR count). The van der Waals surface area contributed by atoms with E-state index in [2.05, 4.69) is 4.98 Å². The second kappa shape index (κ2) is 7.37. The first-order valence-electron chi connectivity index (χ1n) is 7.78. The molecule has 0 bridgehead atoms. The number of piperidine rings is 1. The van der Waals surface area contributed by atoms with Gasteiger partial charge in [-0.1, -0.05) is 18.2 Å². The molecule has 0 aliphatic carbocycles. The van der Waals surface area contributed by atoms with E-state index in [1.807, 2.05) is 35.2 Å². The van der Waals surface area contributed by atoms with E-state index < -0.39 is 0 Å². The Morgan fingerprint density at radius 3 is 2.52 bits per heavy atom. The number of carbonyl (C=O) groups is 2. The van der Waals surface area contributed by atoms with E-state index in [1.165, 1.54) is 22.7 Å². The lowest BCUT2D eigenvalue weighted by Crippen LogP contribution is -2.45. The normalized spacial score (nSPS) is 14.5. The van der Waals surface area contributed by atoms with Crippen molar-refractivity contribution in [3.8, 4) is 0 Å². The van der Waals surface area contributed by atoms with E-state index in [-0.39, 0.29) is 18.4 Å². The first-order chi connectivity index (χ1) is 11.3. The summed E-state index contributed by atoms with van der Waals surface area (Å²) in [6, 6.07) is 9.30. The number of thiazole rings is 1. The van der Waals surface area contributed by atoms with Crippen LogP contribution in [0.4, 0.5) is 5.69 Å². The molecular formula is C17H19N3O2S. The van der Waals surface area contributed by atoms with Crippen molar-refractivity contribution in [2.24, 2.45) is 0 Å². The fourth-order valence-corrected chi connectivity index (χ4v) is 3.25. The Labute approximate surface area is 139 Å². The zero-order valence-electron chi connectivity index (χ0n) is 12.9. The molecule has 2 amide bonds. The Hall–Kier alpha value is -2.21. The maximum atomic E-state index is 12.7. The van der Waals surface area contributed by atoms with Gasteiger partial charge in [-0.05, 0) is 31.4 Å². The van der Waals surface area contributed by atoms with Crippen molar-refractivity contribution in [2.45, 2.75) is 19.3 Å². The lowest BCUT2D eigenvalue weighted by Gasteiger charge is -2.30. The van der Waals surface area contributed by atoms with E-state index in [1.54, 1.807) is 10.9 Å². The molecule has 5 nitrogen and oxygen atoms in total. The van der Waals surface area contributed by atoms with Gasteiger partial charge in [0.2, 0.25) is 5.91 Å². The number of carbonyl (C=O) groups excluding carboxylic acids is 2. The highest BCUT2D eigenvalue weighted by molar-refractivity contribution is 7.07. The molecule has 2 aromatic rings. The number of para-hydroxylation sites is 1. The Bertz CT molecular complexity index is 652. The van der Waals surface area contributed by atoms with Crippen LogP contribution in [-0.2, 0) is 4.79 Å². The summed E-state index contributed by atoms with van der Waals surface area (Å²) < 4.78 is 0. The lowest BCUT2D eigenvalue weighted by molar-refractivity contribution is -0.130. The third kappa shape index (κ3) is 3.76. The van der Waals surface area contributed by atoms with Crippen LogP contribution < -0.4 is 4.90 Å². The van der Waals surface area contributed by atoms with Gasteiger partial charge in [0.15, 0.2) is 0 Å². The molecule has 1 aromatic heterocycles. The molecule has 0 N–H and O–H groups in total. The molecule has 0 radical (unpaired) electrons. The second-order valence-electron chi connectivity index (χ2n) is 5.54. The first kappa shape index (κ1) is 15.7. The van der Waals surface area contributed by atoms with Gasteiger partial charge in [0, 0.05) is 24.2 Å². The Morgan fingerprint density at radius 2 is 1.87 bits per heavy atom. The van der Waals surface area contributed by atoms with Crippen molar-refractivity contribution >= 4 is 28.8 Å². The van der Waals surface area contributed by atoms with E-state index in [4.69, 9.17) is 0 Å². The number of aromatic nitrogens is 1. The van der Waals surface area contributed by atoms with Gasteiger partial charge < -0.3 is 4.90 Å². The molecule has 1 aliphatic heterocycles. The number of likely N-dealkylation sites (tertiary alicyclic amines) is 1. The van der Waals surface area contributed by atoms with Crippen LogP contribution in [0.5, 0.6) is 0 Å². The monoisotopic (exact) mass is 329 g/mol. The minimum atomic E-state index is -0.234. The summed E-state index contributed by atoms with van der Waals surface area (Å²) in [5, 5.41) is 1.71. The highest BCUT2D eigenvalue weighted by Crippen LogP contribution is 2.18. The Balaban J connectivity index is 1.80. The second-order valence-corrected chi connectivity index (χ2v) is 6.26. The molecule has 0 atom stereocenters. The predicted molar refractivity (Wildman–Crippen MR) is 90.7 cm³/mol. The van der Waals surface area contributed by atoms with Gasteiger partial charge in [-0.15, -0.1) is 11.3 Å². The van der Waals surface area contributed by atoms with Crippen LogP contribution >= 0.6 is 11.3 Å². The zero-order valence-corrected chi connectivity index (χ0v) is 13.7. The summed E-state index contributed by atoms with van der Waals surface area (Å²) in [4.78, 5) is 32.8. The topological polar surface area (TPSA) is 53.5 Å². The third-order valence-corrected chi connectivity index (χ3v) is 4.55. The molecule has 1 aromatic carbocycles. The van der Waals surface area contributed by atoms with Gasteiger partial charge in [-0.3, -0.25) is 14.5 Å². The minimum absolute atomic E-state index is 0.00265. The SMILES string of the molecule is O=C(CN(C(=O)c1cscn1)c1ccccc1)N1CCCCC1. The molecule has 1 aliphatic rings. The molecule has 1 saturated heterocycles. The maximum Gasteiger partial charge on any atom is 0.278 e. The Kier molecular flexibility index (Phi) is 5.02. The van der Waals surface area contributed by atoms with Gasteiger partial charge in [0.25, 0.3) is 5.91 Å². The van der Waals surface area contributed by atoms with Crippen LogP contribution in [0.25, 0.3) is 0 Å². The van der Waals surface area contributed by atoms with Crippen molar-refractivity contribution in [1.29, 1.82) is 0 Å². The van der Waals surface area contributed by atoms with E-state index in [0.29, 0.717) is 5.69 Å². The standard InChI is InChI=1S/C17H19N3O2S/c21-16(19-9-5-2-6-10-19)11-20(14-7-3-1-4-8-14)17(22)15-12-23-13-18-15/h1,3-4,7-8,12-13H,2,5-6,9-11H2. The van der Waals surface area contributed by atoms with Crippen LogP contribution in [0, 0.1) is 0 Å². The number of hydrogen-bond donors (Lipinski definition) is 0. The van der Waals surface area contributed by atoms with Crippen molar-refractivity contribution in [3.05, 3.63) is 46.9 Å². The molecule has 120 valence electrons. The molecule has 0 spiro atoms. The number of hydrogen-bond acceptors (Lipinski definition) is 4. The van der Waals surface area contributed by atoms with Gasteiger partial charge in [0.1, 0.15) is 12.2 Å². The van der Waals surface area contributed by atoms with Gasteiger partial charge >= 0.3 is 0 Å². The van der Waals surface area contributed by atoms with Crippen LogP contribution in [0.3, 0.4) is 0 Å². The molecule has 1 fully saturated rings. The van der Waals surface area contributed by atoms with Crippen molar-refractivity contribution in [3.63, 3.8) is 0 Å². The largest absolute Gasteiger partial charge is 0.341 e. The molecule has 2 heterocycles. The van der Waals surface area contributed by atoms with Crippen molar-refractivity contribution in [1.82, 2.24) is 9.88 Å². The summed E-state index contributed by atoms with van der Waals surface area (Å²) in [6.45, 7) is 1.62. The zero-order chi connectivity index (χ0) is 16.1.